The molecule has 0 unspecified atom stereocenters. The molecule has 0 saturated carbocycles. The van der Waals surface area contributed by atoms with Crippen molar-refractivity contribution >= 4 is 27.5 Å². The van der Waals surface area contributed by atoms with Crippen LogP contribution in [0.3, 0.4) is 0 Å². The van der Waals surface area contributed by atoms with Crippen LogP contribution < -0.4 is 5.32 Å². The minimum absolute atomic E-state index is 0.838. The van der Waals surface area contributed by atoms with Crippen molar-refractivity contribution in [2.24, 2.45) is 0 Å². The molecule has 120 valence electrons. The second kappa shape index (κ2) is 6.04. The third-order valence-corrected chi connectivity index (χ3v) is 4.67. The topological polar surface area (TPSA) is 17.0 Å². The van der Waals surface area contributed by atoms with Crippen molar-refractivity contribution in [3.05, 3.63) is 77.9 Å². The molecule has 0 aliphatic heterocycles. The molecule has 4 aromatic rings. The molecule has 3 aromatic carbocycles. The second-order valence-electron chi connectivity index (χ2n) is 6.34. The molecule has 0 atom stereocenters. The van der Waals surface area contributed by atoms with E-state index in [1.807, 2.05) is 0 Å². The van der Waals surface area contributed by atoms with Gasteiger partial charge in [0.15, 0.2) is 0 Å². The zero-order chi connectivity index (χ0) is 16.5. The van der Waals surface area contributed by atoms with Gasteiger partial charge in [-0.05, 0) is 55.3 Å². The number of rotatable bonds is 4. The Balaban J connectivity index is 1.71. The maximum Gasteiger partial charge on any atom is 0.0491 e. The highest BCUT2D eigenvalue weighted by atomic mass is 15.0. The Hall–Kier alpha value is -2.74. The monoisotopic (exact) mass is 314 g/mol. The van der Waals surface area contributed by atoms with E-state index in [0.29, 0.717) is 0 Å². The van der Waals surface area contributed by atoms with Gasteiger partial charge in [-0.25, -0.2) is 0 Å². The van der Waals surface area contributed by atoms with Crippen molar-refractivity contribution in [1.82, 2.24) is 4.57 Å². The Morgan fingerprint density at radius 1 is 0.833 bits per heavy atom. The lowest BCUT2D eigenvalue weighted by Crippen LogP contribution is -1.99. The maximum atomic E-state index is 3.53. The Kier molecular flexibility index (Phi) is 3.73. The average molecular weight is 314 g/mol. The van der Waals surface area contributed by atoms with Gasteiger partial charge in [0.05, 0.1) is 0 Å². The quantitative estimate of drug-likeness (QED) is 0.508. The van der Waals surface area contributed by atoms with Gasteiger partial charge in [0.25, 0.3) is 0 Å². The van der Waals surface area contributed by atoms with E-state index in [0.717, 1.165) is 13.1 Å². The first-order valence-electron chi connectivity index (χ1n) is 8.56. The molecule has 0 amide bonds. The first-order chi connectivity index (χ1) is 11.8. The predicted octanol–water partition coefficient (Wildman–Crippen LogP) is 5.73. The minimum atomic E-state index is 0.838. The van der Waals surface area contributed by atoms with Crippen LogP contribution in [0.5, 0.6) is 0 Å². The van der Waals surface area contributed by atoms with Crippen molar-refractivity contribution < 1.29 is 0 Å². The van der Waals surface area contributed by atoms with Crippen LogP contribution in [0.25, 0.3) is 21.8 Å². The van der Waals surface area contributed by atoms with Crippen LogP contribution in [0.4, 0.5) is 5.69 Å². The van der Waals surface area contributed by atoms with Gasteiger partial charge in [-0.15, -0.1) is 0 Å². The molecule has 0 aliphatic rings. The number of benzene rings is 3. The Morgan fingerprint density at radius 2 is 1.67 bits per heavy atom. The fourth-order valence-corrected chi connectivity index (χ4v) is 3.51. The third-order valence-electron chi connectivity index (χ3n) is 4.67. The third kappa shape index (κ3) is 2.54. The Labute approximate surface area is 142 Å². The van der Waals surface area contributed by atoms with Crippen LogP contribution >= 0.6 is 0 Å². The van der Waals surface area contributed by atoms with Gasteiger partial charge in [0, 0.05) is 40.6 Å². The molecular weight excluding hydrogens is 292 g/mol. The molecule has 0 spiro atoms. The SMILES string of the molecule is CCn1c2ccccc2c2cc(CNc3cccc(C)c3)ccc21. The first-order valence-corrected chi connectivity index (χ1v) is 8.56. The number of para-hydroxylation sites is 1. The van der Waals surface area contributed by atoms with E-state index < -0.39 is 0 Å². The zero-order valence-corrected chi connectivity index (χ0v) is 14.2. The number of nitrogens with zero attached hydrogens (tertiary/aromatic N) is 1. The number of fused-ring (bicyclic) bond motifs is 3. The van der Waals surface area contributed by atoms with Crippen molar-refractivity contribution in [2.45, 2.75) is 26.9 Å². The first kappa shape index (κ1) is 14.8. The van der Waals surface area contributed by atoms with E-state index >= 15 is 0 Å². The summed E-state index contributed by atoms with van der Waals surface area (Å²) < 4.78 is 2.39. The van der Waals surface area contributed by atoms with Crippen LogP contribution in [0.15, 0.2) is 66.7 Å². The molecule has 0 fully saturated rings. The Bertz CT molecular complexity index is 1010. The molecule has 0 aliphatic carbocycles. The highest BCUT2D eigenvalue weighted by Gasteiger charge is 2.09. The molecule has 4 rings (SSSR count). The van der Waals surface area contributed by atoms with Crippen molar-refractivity contribution in [3.8, 4) is 0 Å². The number of hydrogen-bond acceptors (Lipinski definition) is 1. The van der Waals surface area contributed by atoms with Gasteiger partial charge in [-0.2, -0.15) is 0 Å². The van der Waals surface area contributed by atoms with Crippen LogP contribution in [-0.4, -0.2) is 4.57 Å². The highest BCUT2D eigenvalue weighted by Crippen LogP contribution is 2.29. The smallest absolute Gasteiger partial charge is 0.0491 e. The van der Waals surface area contributed by atoms with E-state index in [1.54, 1.807) is 0 Å². The lowest BCUT2D eigenvalue weighted by atomic mass is 10.1. The minimum Gasteiger partial charge on any atom is -0.381 e. The van der Waals surface area contributed by atoms with Gasteiger partial charge in [0.1, 0.15) is 0 Å². The summed E-state index contributed by atoms with van der Waals surface area (Å²) in [6, 6.07) is 24.0. The lowest BCUT2D eigenvalue weighted by Gasteiger charge is -2.08. The van der Waals surface area contributed by atoms with Crippen LogP contribution in [-0.2, 0) is 13.1 Å². The second-order valence-corrected chi connectivity index (χ2v) is 6.34. The fraction of sp³-hybridized carbons (Fsp3) is 0.182. The summed E-state index contributed by atoms with van der Waals surface area (Å²) >= 11 is 0. The highest BCUT2D eigenvalue weighted by molar-refractivity contribution is 6.08. The van der Waals surface area contributed by atoms with Gasteiger partial charge in [0.2, 0.25) is 0 Å². The number of aryl methyl sites for hydroxylation is 2. The summed E-state index contributed by atoms with van der Waals surface area (Å²) in [5, 5.41) is 6.21. The zero-order valence-electron chi connectivity index (χ0n) is 14.2. The van der Waals surface area contributed by atoms with Gasteiger partial charge in [-0.1, -0.05) is 36.4 Å². The summed E-state index contributed by atoms with van der Waals surface area (Å²) in [5.74, 6) is 0. The van der Waals surface area contributed by atoms with Gasteiger partial charge >= 0.3 is 0 Å². The summed E-state index contributed by atoms with van der Waals surface area (Å²) in [6.45, 7) is 6.16. The number of nitrogens with one attached hydrogen (secondary N) is 1. The van der Waals surface area contributed by atoms with Crippen molar-refractivity contribution in [3.63, 3.8) is 0 Å². The van der Waals surface area contributed by atoms with Crippen LogP contribution in [0, 0.1) is 6.92 Å². The summed E-state index contributed by atoms with van der Waals surface area (Å²) in [4.78, 5) is 0. The number of anilines is 1. The molecule has 0 saturated heterocycles. The van der Waals surface area contributed by atoms with Crippen LogP contribution in [0.1, 0.15) is 18.1 Å². The standard InChI is InChI=1S/C22H22N2/c1-3-24-21-10-5-4-9-19(21)20-14-17(11-12-22(20)24)15-23-18-8-6-7-16(2)13-18/h4-14,23H,3,15H2,1-2H3. The van der Waals surface area contributed by atoms with E-state index in [-0.39, 0.29) is 0 Å². The van der Waals surface area contributed by atoms with Crippen molar-refractivity contribution in [2.75, 3.05) is 5.32 Å². The fourth-order valence-electron chi connectivity index (χ4n) is 3.51. The molecule has 1 heterocycles. The number of aromatic nitrogens is 1. The van der Waals surface area contributed by atoms with Crippen molar-refractivity contribution in [1.29, 1.82) is 0 Å². The van der Waals surface area contributed by atoms with Gasteiger partial charge in [-0.3, -0.25) is 0 Å². The van der Waals surface area contributed by atoms with E-state index in [9.17, 15) is 0 Å². The summed E-state index contributed by atoms with van der Waals surface area (Å²) in [5.41, 5.74) is 6.40. The largest absolute Gasteiger partial charge is 0.381 e. The molecule has 1 N–H and O–H groups in total. The average Bonchev–Trinajstić information content (AvgIpc) is 2.93. The number of hydrogen-bond donors (Lipinski definition) is 1. The van der Waals surface area contributed by atoms with E-state index in [1.165, 1.54) is 38.6 Å². The maximum absolute atomic E-state index is 3.53. The molecule has 2 heteroatoms. The molecule has 0 radical (unpaired) electrons. The summed E-state index contributed by atoms with van der Waals surface area (Å²) in [7, 11) is 0. The van der Waals surface area contributed by atoms with Crippen LogP contribution in [0.2, 0.25) is 0 Å². The molecule has 2 nitrogen and oxygen atoms in total. The normalized spacial score (nSPS) is 11.2. The Morgan fingerprint density at radius 3 is 2.50 bits per heavy atom. The molecule has 0 bridgehead atoms. The molecule has 1 aromatic heterocycles. The predicted molar refractivity (Wildman–Crippen MR) is 104 cm³/mol. The lowest BCUT2D eigenvalue weighted by molar-refractivity contribution is 0.827. The van der Waals surface area contributed by atoms with E-state index in [4.69, 9.17) is 0 Å². The molecular formula is C22H22N2. The summed E-state index contributed by atoms with van der Waals surface area (Å²) in [6.07, 6.45) is 0. The molecule has 24 heavy (non-hydrogen) atoms. The van der Waals surface area contributed by atoms with E-state index in [2.05, 4.69) is 90.5 Å². The van der Waals surface area contributed by atoms with Gasteiger partial charge < -0.3 is 9.88 Å².